The zero-order chi connectivity index (χ0) is 11.5. The number of anilines is 1. The van der Waals surface area contributed by atoms with Gasteiger partial charge in [0, 0.05) is 25.9 Å². The number of rotatable bonds is 3. The second-order valence-corrected chi connectivity index (χ2v) is 4.85. The Morgan fingerprint density at radius 1 is 1.38 bits per heavy atom. The molecule has 0 bridgehead atoms. The van der Waals surface area contributed by atoms with Crippen LogP contribution in [-0.2, 0) is 0 Å². The van der Waals surface area contributed by atoms with Gasteiger partial charge in [0.15, 0.2) is 0 Å². The summed E-state index contributed by atoms with van der Waals surface area (Å²) in [5.74, 6) is 1.28. The van der Waals surface area contributed by atoms with Gasteiger partial charge in [-0.3, -0.25) is 0 Å². The van der Waals surface area contributed by atoms with E-state index in [-0.39, 0.29) is 0 Å². The van der Waals surface area contributed by atoms with E-state index in [0.29, 0.717) is 18.4 Å². The molecule has 0 aliphatic carbocycles. The number of hydrogen-bond acceptors (Lipinski definition) is 2. The van der Waals surface area contributed by atoms with E-state index in [0.717, 1.165) is 19.4 Å². The van der Waals surface area contributed by atoms with Gasteiger partial charge < -0.3 is 10.0 Å². The lowest BCUT2D eigenvalue weighted by Gasteiger charge is -2.38. The molecular weight excluding hydrogens is 198 g/mol. The van der Waals surface area contributed by atoms with Crippen LogP contribution in [-0.4, -0.2) is 25.3 Å². The Hall–Kier alpha value is -1.02. The third-order valence-electron chi connectivity index (χ3n) is 3.79. The van der Waals surface area contributed by atoms with Crippen LogP contribution < -0.4 is 4.90 Å². The Morgan fingerprint density at radius 3 is 2.88 bits per heavy atom. The topological polar surface area (TPSA) is 23.5 Å². The third kappa shape index (κ3) is 2.07. The SMILES string of the molecule is C[C@@H]1c2ccccc2N(C)C[C@@H]1CCCO. The molecule has 2 nitrogen and oxygen atoms in total. The molecule has 0 radical (unpaired) electrons. The minimum Gasteiger partial charge on any atom is -0.396 e. The summed E-state index contributed by atoms with van der Waals surface area (Å²) in [6, 6.07) is 8.67. The number of nitrogens with zero attached hydrogens (tertiary/aromatic N) is 1. The molecule has 0 amide bonds. The molecule has 1 aliphatic rings. The van der Waals surface area contributed by atoms with Crippen LogP contribution in [0.4, 0.5) is 5.69 Å². The molecule has 0 spiro atoms. The molecule has 0 aromatic heterocycles. The Bertz CT molecular complexity index is 350. The van der Waals surface area contributed by atoms with Crippen molar-refractivity contribution < 1.29 is 5.11 Å². The van der Waals surface area contributed by atoms with Crippen molar-refractivity contribution in [2.45, 2.75) is 25.7 Å². The van der Waals surface area contributed by atoms with Crippen LogP contribution in [0.25, 0.3) is 0 Å². The first kappa shape index (κ1) is 11.5. The van der Waals surface area contributed by atoms with Gasteiger partial charge in [-0.15, -0.1) is 0 Å². The fraction of sp³-hybridized carbons (Fsp3) is 0.571. The summed E-state index contributed by atoms with van der Waals surface area (Å²) >= 11 is 0. The van der Waals surface area contributed by atoms with Crippen molar-refractivity contribution in [3.05, 3.63) is 29.8 Å². The number of hydrogen-bond donors (Lipinski definition) is 1. The fourth-order valence-corrected chi connectivity index (χ4v) is 2.78. The van der Waals surface area contributed by atoms with Crippen LogP contribution in [0.15, 0.2) is 24.3 Å². The Labute approximate surface area is 97.9 Å². The maximum atomic E-state index is 8.93. The van der Waals surface area contributed by atoms with E-state index in [2.05, 4.69) is 43.1 Å². The highest BCUT2D eigenvalue weighted by molar-refractivity contribution is 5.56. The zero-order valence-corrected chi connectivity index (χ0v) is 10.2. The molecular formula is C14H21NO. The van der Waals surface area contributed by atoms with Gasteiger partial charge in [-0.05, 0) is 36.3 Å². The zero-order valence-electron chi connectivity index (χ0n) is 10.2. The highest BCUT2D eigenvalue weighted by atomic mass is 16.2. The van der Waals surface area contributed by atoms with Crippen molar-refractivity contribution in [2.24, 2.45) is 5.92 Å². The van der Waals surface area contributed by atoms with Crippen LogP contribution in [0.5, 0.6) is 0 Å². The summed E-state index contributed by atoms with van der Waals surface area (Å²) in [5.41, 5.74) is 2.83. The quantitative estimate of drug-likeness (QED) is 0.844. The van der Waals surface area contributed by atoms with Crippen molar-refractivity contribution in [3.8, 4) is 0 Å². The lowest BCUT2D eigenvalue weighted by atomic mass is 9.80. The maximum Gasteiger partial charge on any atom is 0.0431 e. The first-order valence-corrected chi connectivity index (χ1v) is 6.15. The van der Waals surface area contributed by atoms with Gasteiger partial charge in [-0.1, -0.05) is 25.1 Å². The first-order chi connectivity index (χ1) is 7.74. The molecule has 88 valence electrons. The Morgan fingerprint density at radius 2 is 2.12 bits per heavy atom. The van der Waals surface area contributed by atoms with Gasteiger partial charge in [-0.25, -0.2) is 0 Å². The van der Waals surface area contributed by atoms with E-state index in [4.69, 9.17) is 5.11 Å². The minimum atomic E-state index is 0.314. The molecule has 1 aliphatic heterocycles. The van der Waals surface area contributed by atoms with Crippen LogP contribution in [0.1, 0.15) is 31.2 Å². The number of benzene rings is 1. The summed E-state index contributed by atoms with van der Waals surface area (Å²) in [4.78, 5) is 2.34. The third-order valence-corrected chi connectivity index (χ3v) is 3.79. The van der Waals surface area contributed by atoms with Crippen molar-refractivity contribution in [3.63, 3.8) is 0 Å². The standard InChI is InChI=1S/C14H21NO/c1-11-12(6-5-9-16)10-15(2)14-8-4-3-7-13(11)14/h3-4,7-8,11-12,16H,5-6,9-10H2,1-2H3/t11-,12-/m0/s1. The molecule has 16 heavy (non-hydrogen) atoms. The van der Waals surface area contributed by atoms with Gasteiger partial charge in [0.05, 0.1) is 0 Å². The van der Waals surface area contributed by atoms with Gasteiger partial charge in [-0.2, -0.15) is 0 Å². The van der Waals surface area contributed by atoms with Gasteiger partial charge in [0.2, 0.25) is 0 Å². The van der Waals surface area contributed by atoms with E-state index in [1.165, 1.54) is 11.3 Å². The van der Waals surface area contributed by atoms with Crippen LogP contribution >= 0.6 is 0 Å². The summed E-state index contributed by atoms with van der Waals surface area (Å²) in [5, 5.41) is 8.93. The number of aliphatic hydroxyl groups excluding tert-OH is 1. The molecule has 0 saturated carbocycles. The summed E-state index contributed by atoms with van der Waals surface area (Å²) < 4.78 is 0. The van der Waals surface area contributed by atoms with E-state index in [9.17, 15) is 0 Å². The molecule has 0 unspecified atom stereocenters. The van der Waals surface area contributed by atoms with E-state index < -0.39 is 0 Å². The highest BCUT2D eigenvalue weighted by Gasteiger charge is 2.27. The van der Waals surface area contributed by atoms with Crippen LogP contribution in [0, 0.1) is 5.92 Å². The number of para-hydroxylation sites is 1. The molecule has 2 atom stereocenters. The Kier molecular flexibility index (Phi) is 3.49. The summed E-state index contributed by atoms with van der Waals surface area (Å²) in [7, 11) is 2.16. The van der Waals surface area contributed by atoms with Crippen LogP contribution in [0.2, 0.25) is 0 Å². The molecule has 2 heteroatoms. The average molecular weight is 219 g/mol. The normalized spacial score (nSPS) is 24.3. The molecule has 1 heterocycles. The largest absolute Gasteiger partial charge is 0.396 e. The molecule has 1 aromatic rings. The van der Waals surface area contributed by atoms with E-state index in [1.807, 2.05) is 0 Å². The second kappa shape index (κ2) is 4.88. The molecule has 0 saturated heterocycles. The fourth-order valence-electron chi connectivity index (χ4n) is 2.78. The predicted molar refractivity (Wildman–Crippen MR) is 67.9 cm³/mol. The predicted octanol–water partition coefficient (Wildman–Crippen LogP) is 2.63. The summed E-state index contributed by atoms with van der Waals surface area (Å²) in [6.45, 7) is 3.74. The van der Waals surface area contributed by atoms with Crippen LogP contribution in [0.3, 0.4) is 0 Å². The van der Waals surface area contributed by atoms with Crippen molar-refractivity contribution >= 4 is 5.69 Å². The minimum absolute atomic E-state index is 0.314. The smallest absolute Gasteiger partial charge is 0.0431 e. The lowest BCUT2D eigenvalue weighted by Crippen LogP contribution is -2.34. The van der Waals surface area contributed by atoms with Crippen molar-refractivity contribution in [2.75, 3.05) is 25.1 Å². The Balaban J connectivity index is 2.20. The second-order valence-electron chi connectivity index (χ2n) is 4.85. The lowest BCUT2D eigenvalue weighted by molar-refractivity contribution is 0.263. The molecule has 1 N–H and O–H groups in total. The highest BCUT2D eigenvalue weighted by Crippen LogP contribution is 2.39. The molecule has 0 fully saturated rings. The number of aliphatic hydroxyl groups is 1. The van der Waals surface area contributed by atoms with Crippen molar-refractivity contribution in [1.29, 1.82) is 0 Å². The van der Waals surface area contributed by atoms with Gasteiger partial charge >= 0.3 is 0 Å². The van der Waals surface area contributed by atoms with E-state index >= 15 is 0 Å². The average Bonchev–Trinajstić information content (AvgIpc) is 2.32. The number of fused-ring (bicyclic) bond motifs is 1. The van der Waals surface area contributed by atoms with Crippen molar-refractivity contribution in [1.82, 2.24) is 0 Å². The molecule has 1 aromatic carbocycles. The van der Waals surface area contributed by atoms with Gasteiger partial charge in [0.25, 0.3) is 0 Å². The monoisotopic (exact) mass is 219 g/mol. The van der Waals surface area contributed by atoms with Gasteiger partial charge in [0.1, 0.15) is 0 Å². The summed E-state index contributed by atoms with van der Waals surface area (Å²) in [6.07, 6.45) is 2.04. The molecule has 2 rings (SSSR count). The first-order valence-electron chi connectivity index (χ1n) is 6.15. The van der Waals surface area contributed by atoms with E-state index in [1.54, 1.807) is 0 Å². The maximum absolute atomic E-state index is 8.93.